The van der Waals surface area contributed by atoms with Crippen molar-refractivity contribution in [2.75, 3.05) is 13.6 Å². The molecule has 2 amide bonds. The summed E-state index contributed by atoms with van der Waals surface area (Å²) in [5, 5.41) is 19.5. The molecule has 6 nitrogen and oxygen atoms in total. The van der Waals surface area contributed by atoms with Crippen LogP contribution >= 0.6 is 0 Å². The van der Waals surface area contributed by atoms with Gasteiger partial charge in [-0.05, 0) is 13.3 Å². The van der Waals surface area contributed by atoms with Crippen molar-refractivity contribution in [3.8, 4) is 6.07 Å². The lowest BCUT2D eigenvalue weighted by molar-refractivity contribution is -0.137. The molecule has 0 rings (SSSR count). The van der Waals surface area contributed by atoms with Crippen molar-refractivity contribution in [2.45, 2.75) is 32.2 Å². The van der Waals surface area contributed by atoms with Crippen LogP contribution in [0.1, 0.15) is 26.2 Å². The number of hydrogen-bond donors (Lipinski definition) is 2. The van der Waals surface area contributed by atoms with Crippen LogP contribution in [0.25, 0.3) is 0 Å². The summed E-state index contributed by atoms with van der Waals surface area (Å²) < 4.78 is 0. The number of nitriles is 1. The Bertz CT molecular complexity index is 286. The van der Waals surface area contributed by atoms with Crippen LogP contribution in [0.4, 0.5) is 4.79 Å². The lowest BCUT2D eigenvalue weighted by atomic mass is 10.2. The molecule has 0 aliphatic rings. The molecule has 0 aliphatic heterocycles. The van der Waals surface area contributed by atoms with E-state index < -0.39 is 5.97 Å². The molecule has 0 bridgehead atoms. The first-order valence-electron chi connectivity index (χ1n) is 5.07. The van der Waals surface area contributed by atoms with Crippen molar-refractivity contribution in [3.05, 3.63) is 0 Å². The van der Waals surface area contributed by atoms with Crippen molar-refractivity contribution in [3.63, 3.8) is 0 Å². The zero-order chi connectivity index (χ0) is 12.6. The van der Waals surface area contributed by atoms with Crippen molar-refractivity contribution < 1.29 is 14.7 Å². The van der Waals surface area contributed by atoms with Gasteiger partial charge in [0.05, 0.1) is 12.5 Å². The molecule has 0 aliphatic carbocycles. The van der Waals surface area contributed by atoms with E-state index in [4.69, 9.17) is 10.4 Å². The number of amides is 2. The highest BCUT2D eigenvalue weighted by molar-refractivity contribution is 5.74. The van der Waals surface area contributed by atoms with Crippen LogP contribution in [0, 0.1) is 11.3 Å². The average molecular weight is 227 g/mol. The SMILES string of the molecule is CC(CCC(=O)O)NC(=O)N(C)CCC#N. The molecule has 0 saturated carbocycles. The Labute approximate surface area is 94.8 Å². The summed E-state index contributed by atoms with van der Waals surface area (Å²) in [6.45, 7) is 2.12. The maximum Gasteiger partial charge on any atom is 0.317 e. The second-order valence-electron chi connectivity index (χ2n) is 3.61. The molecular formula is C10H17N3O3. The fraction of sp³-hybridized carbons (Fsp3) is 0.700. The van der Waals surface area contributed by atoms with E-state index in [2.05, 4.69) is 5.32 Å². The zero-order valence-corrected chi connectivity index (χ0v) is 9.56. The monoisotopic (exact) mass is 227 g/mol. The Kier molecular flexibility index (Phi) is 6.68. The van der Waals surface area contributed by atoms with Gasteiger partial charge in [0.25, 0.3) is 0 Å². The van der Waals surface area contributed by atoms with Gasteiger partial charge in [-0.1, -0.05) is 0 Å². The molecule has 16 heavy (non-hydrogen) atoms. The van der Waals surface area contributed by atoms with E-state index in [1.165, 1.54) is 4.90 Å². The summed E-state index contributed by atoms with van der Waals surface area (Å²) in [7, 11) is 1.59. The quantitative estimate of drug-likeness (QED) is 0.701. The maximum atomic E-state index is 11.5. The molecule has 2 N–H and O–H groups in total. The molecule has 0 saturated heterocycles. The summed E-state index contributed by atoms with van der Waals surface area (Å²) in [5.74, 6) is -0.876. The third kappa shape index (κ3) is 6.65. The molecule has 0 fully saturated rings. The third-order valence-corrected chi connectivity index (χ3v) is 2.07. The number of carboxylic acids is 1. The number of carboxylic acid groups (broad SMARTS) is 1. The van der Waals surface area contributed by atoms with Crippen molar-refractivity contribution in [2.24, 2.45) is 0 Å². The molecule has 0 aromatic heterocycles. The van der Waals surface area contributed by atoms with Crippen molar-refractivity contribution in [1.82, 2.24) is 10.2 Å². The highest BCUT2D eigenvalue weighted by Gasteiger charge is 2.12. The molecule has 0 spiro atoms. The predicted octanol–water partition coefficient (Wildman–Crippen LogP) is 0.795. The van der Waals surface area contributed by atoms with E-state index in [0.29, 0.717) is 13.0 Å². The number of hydrogen-bond acceptors (Lipinski definition) is 3. The Morgan fingerprint density at radius 3 is 2.69 bits per heavy atom. The molecule has 6 heteroatoms. The van der Waals surface area contributed by atoms with Crippen LogP contribution in [-0.2, 0) is 4.79 Å². The Balaban J connectivity index is 3.85. The minimum absolute atomic E-state index is 0.0311. The van der Waals surface area contributed by atoms with E-state index in [1.807, 2.05) is 6.07 Å². The number of urea groups is 1. The molecule has 0 radical (unpaired) electrons. The van der Waals surface area contributed by atoms with E-state index >= 15 is 0 Å². The van der Waals surface area contributed by atoms with Gasteiger partial charge < -0.3 is 15.3 Å². The molecule has 0 aromatic rings. The zero-order valence-electron chi connectivity index (χ0n) is 9.56. The van der Waals surface area contributed by atoms with E-state index in [-0.39, 0.29) is 24.9 Å². The van der Waals surface area contributed by atoms with Crippen molar-refractivity contribution >= 4 is 12.0 Å². The van der Waals surface area contributed by atoms with Gasteiger partial charge in [-0.2, -0.15) is 5.26 Å². The van der Waals surface area contributed by atoms with Crippen LogP contribution in [-0.4, -0.2) is 41.6 Å². The smallest absolute Gasteiger partial charge is 0.317 e. The highest BCUT2D eigenvalue weighted by atomic mass is 16.4. The van der Waals surface area contributed by atoms with Crippen LogP contribution in [0.15, 0.2) is 0 Å². The molecule has 90 valence electrons. The van der Waals surface area contributed by atoms with Gasteiger partial charge in [0.2, 0.25) is 0 Å². The van der Waals surface area contributed by atoms with Gasteiger partial charge in [0.15, 0.2) is 0 Å². The minimum Gasteiger partial charge on any atom is -0.481 e. The maximum absolute atomic E-state index is 11.5. The molecule has 0 heterocycles. The number of carbonyl (C=O) groups excluding carboxylic acids is 1. The summed E-state index contributed by atoms with van der Waals surface area (Å²) in [6, 6.07) is 1.48. The Morgan fingerprint density at radius 1 is 1.56 bits per heavy atom. The normalized spacial score (nSPS) is 11.3. The van der Waals surface area contributed by atoms with E-state index in [0.717, 1.165) is 0 Å². The summed E-state index contributed by atoms with van der Waals surface area (Å²) in [6.07, 6.45) is 0.712. The molecule has 1 unspecified atom stereocenters. The third-order valence-electron chi connectivity index (χ3n) is 2.07. The van der Waals surface area contributed by atoms with Gasteiger partial charge in [-0.25, -0.2) is 4.79 Å². The van der Waals surface area contributed by atoms with Gasteiger partial charge in [0, 0.05) is 26.1 Å². The molecule has 0 aromatic carbocycles. The van der Waals surface area contributed by atoms with Gasteiger partial charge in [-0.15, -0.1) is 0 Å². The highest BCUT2D eigenvalue weighted by Crippen LogP contribution is 1.97. The Hall–Kier alpha value is -1.77. The van der Waals surface area contributed by atoms with Crippen LogP contribution in [0.5, 0.6) is 0 Å². The van der Waals surface area contributed by atoms with Crippen molar-refractivity contribution in [1.29, 1.82) is 5.26 Å². The standard InChI is InChI=1S/C10H17N3O3/c1-8(4-5-9(14)15)12-10(16)13(2)7-3-6-11/h8H,3-5,7H2,1-2H3,(H,12,16)(H,14,15). The first-order chi connectivity index (χ1) is 7.47. The minimum atomic E-state index is -0.876. The number of carbonyl (C=O) groups is 2. The number of nitrogens with zero attached hydrogens (tertiary/aromatic N) is 2. The molecule has 1 atom stereocenters. The summed E-state index contributed by atoms with van der Waals surface area (Å²) in [4.78, 5) is 23.2. The summed E-state index contributed by atoms with van der Waals surface area (Å²) >= 11 is 0. The molecular weight excluding hydrogens is 210 g/mol. The van der Waals surface area contributed by atoms with Gasteiger partial charge in [0.1, 0.15) is 0 Å². The average Bonchev–Trinajstić information content (AvgIpc) is 2.22. The lowest BCUT2D eigenvalue weighted by Crippen LogP contribution is -2.42. The van der Waals surface area contributed by atoms with Crippen LogP contribution in [0.3, 0.4) is 0 Å². The van der Waals surface area contributed by atoms with Gasteiger partial charge >= 0.3 is 12.0 Å². The van der Waals surface area contributed by atoms with Crippen LogP contribution in [0.2, 0.25) is 0 Å². The number of rotatable bonds is 6. The van der Waals surface area contributed by atoms with E-state index in [1.54, 1.807) is 14.0 Å². The fourth-order valence-corrected chi connectivity index (χ4v) is 1.05. The van der Waals surface area contributed by atoms with E-state index in [9.17, 15) is 9.59 Å². The lowest BCUT2D eigenvalue weighted by Gasteiger charge is -2.20. The van der Waals surface area contributed by atoms with Gasteiger partial charge in [-0.3, -0.25) is 4.79 Å². The fourth-order valence-electron chi connectivity index (χ4n) is 1.05. The predicted molar refractivity (Wildman–Crippen MR) is 57.7 cm³/mol. The Morgan fingerprint density at radius 2 is 2.19 bits per heavy atom. The van der Waals surface area contributed by atoms with Crippen LogP contribution < -0.4 is 5.32 Å². The topological polar surface area (TPSA) is 93.4 Å². The first-order valence-corrected chi connectivity index (χ1v) is 5.07. The largest absolute Gasteiger partial charge is 0.481 e. The number of nitrogens with one attached hydrogen (secondary N) is 1. The second-order valence-corrected chi connectivity index (χ2v) is 3.61. The second kappa shape index (κ2) is 7.51. The first kappa shape index (κ1) is 14.2. The summed E-state index contributed by atoms with van der Waals surface area (Å²) in [5.41, 5.74) is 0. The number of aliphatic carboxylic acids is 1.